The fraction of sp³-hybridized carbons (Fsp3) is 0.649. The van der Waals surface area contributed by atoms with Crippen molar-refractivity contribution in [2.75, 3.05) is 117 Å². The van der Waals surface area contributed by atoms with Gasteiger partial charge in [0, 0.05) is 72.5 Å². The Labute approximate surface area is 843 Å². The molecular weight excluding hydrogens is 2000 g/mol. The zero-order valence-corrected chi connectivity index (χ0v) is 91.8. The van der Waals surface area contributed by atoms with Crippen molar-refractivity contribution in [3.05, 3.63) is 221 Å². The molecule has 0 aromatic carbocycles. The van der Waals surface area contributed by atoms with E-state index >= 15 is 0 Å². The summed E-state index contributed by atoms with van der Waals surface area (Å²) in [5, 5.41) is 123. The Morgan fingerprint density at radius 1 is 0.297 bits per heavy atom. The van der Waals surface area contributed by atoms with E-state index in [9.17, 15) is 119 Å². The Bertz CT molecular complexity index is 6330. The second kappa shape index (κ2) is 54.1. The van der Waals surface area contributed by atoms with E-state index in [1.165, 1.54) is 55.4 Å². The van der Waals surface area contributed by atoms with Crippen LogP contribution in [0.15, 0.2) is 120 Å². The number of nitrogens with zero attached hydrogens (tertiary/aromatic N) is 6. The molecule has 145 heavy (non-hydrogen) atoms. The number of aliphatic hydroxyl groups is 12. The number of hydrogen-bond acceptors (Lipinski definition) is 30. The van der Waals surface area contributed by atoms with Crippen molar-refractivity contribution in [2.24, 2.45) is 0 Å². The fourth-order valence-electron chi connectivity index (χ4n) is 16.8. The number of aryl methyl sites for hydroxylation is 5. The molecule has 6 saturated heterocycles. The number of H-pyrrole nitrogens is 6. The highest BCUT2D eigenvalue weighted by atomic mass is 31.2. The van der Waals surface area contributed by atoms with Crippen molar-refractivity contribution in [3.8, 4) is 0 Å². The van der Waals surface area contributed by atoms with Gasteiger partial charge in [-0.2, -0.15) is 0 Å². The predicted octanol–water partition coefficient (Wildman–Crippen LogP) is 1.19. The van der Waals surface area contributed by atoms with Gasteiger partial charge in [0.15, 0.2) is 24.9 Å². The zero-order chi connectivity index (χ0) is 109. The lowest BCUT2D eigenvalue weighted by atomic mass is 10.0. The number of aromatic nitrogens is 12. The van der Waals surface area contributed by atoms with E-state index in [0.717, 1.165) is 71.8 Å². The Kier molecular flexibility index (Phi) is 46.4. The molecule has 6 aliphatic rings. The summed E-state index contributed by atoms with van der Waals surface area (Å²) in [6, 6.07) is 0. The first-order chi connectivity index (χ1) is 67.3. The number of allylic oxidation sites excluding steroid dienone is 2. The van der Waals surface area contributed by atoms with Gasteiger partial charge in [-0.25, -0.2) is 28.8 Å². The van der Waals surface area contributed by atoms with Gasteiger partial charge < -0.3 is 94.3 Å². The van der Waals surface area contributed by atoms with Crippen LogP contribution in [-0.2, 0) is 67.2 Å². The number of ether oxygens (including phenoxy) is 6. The molecule has 0 amide bonds. The second-order valence-corrected chi connectivity index (χ2v) is 68.1. The van der Waals surface area contributed by atoms with Gasteiger partial charge in [-0.15, -0.1) is 92.3 Å². The lowest BCUT2D eigenvalue weighted by Crippen LogP contribution is -2.38. The van der Waals surface area contributed by atoms with E-state index in [-0.39, 0.29) is 17.5 Å². The summed E-state index contributed by atoms with van der Waals surface area (Å²) in [5.74, 6) is 0. The molecule has 12 rings (SSSR count). The van der Waals surface area contributed by atoms with Crippen molar-refractivity contribution in [2.45, 2.75) is 284 Å². The van der Waals surface area contributed by atoms with E-state index in [2.05, 4.69) is 161 Å². The quantitative estimate of drug-likeness (QED) is 0.0192. The molecule has 6 aliphatic heterocycles. The molecule has 0 bridgehead atoms. The summed E-state index contributed by atoms with van der Waals surface area (Å²) in [7, 11) is 0. The SMILES string of the molecule is C=CCCn1cc([C@@H]2O[C@H](CCP(=C)(C)C)[C@@H](O)[C@H]2O)c(=O)[nH]c1=O.C=CCc1cn([C@@H]2O[C@H](CCP(=C)(C)C)[C@@H](O)[C@H]2O)c(=O)[nH]c1=O.C=P(C)(C)CC[C@H]1O[C@@H](c2cn(CCC)c(=O)[nH]c2=O)[C@H](O)[C@@H]1O.C=P(C)(C)CC[C@H]1O[C@@H](n2cc(CC)c(=O)[nH]c2=O)[C@H](O)[C@@H]1O.C=P(C)(C)CC[C@H]1O[C@@H](n2cc(CCC)c(=O)[nH]c2=O)[C@H](O)[C@@H]1O.C=P(C)(C)CC[C@H]1O[C@@H](n2cc(CCCC)c(=O)[nH]c2=O)[C@H](O)[C@@H]1O. The largest absolute Gasteiger partial charge is 0.388 e. The van der Waals surface area contributed by atoms with Crippen LogP contribution in [0.5, 0.6) is 0 Å². The smallest absolute Gasteiger partial charge is 0.330 e. The van der Waals surface area contributed by atoms with Crippen LogP contribution in [0, 0.1) is 0 Å². The summed E-state index contributed by atoms with van der Waals surface area (Å²) in [5.41, 5.74) is -4.64. The molecule has 6 fully saturated rings. The normalized spacial score (nSPS) is 27.4. The lowest BCUT2D eigenvalue weighted by Gasteiger charge is -2.19. The number of rotatable bonds is 37. The minimum absolute atomic E-state index is 0.140. The van der Waals surface area contributed by atoms with Crippen molar-refractivity contribution >= 4 is 79.1 Å². The molecule has 6 aromatic rings. The number of aromatic amines is 6. The summed E-state index contributed by atoms with van der Waals surface area (Å²) >= 11 is 0. The number of nitrogens with one attached hydrogen (secondary N) is 6. The van der Waals surface area contributed by atoms with Crippen molar-refractivity contribution in [1.29, 1.82) is 0 Å². The first kappa shape index (κ1) is 125. The third kappa shape index (κ3) is 35.6. The van der Waals surface area contributed by atoms with Crippen LogP contribution >= 0.6 is 41.3 Å². The third-order valence-electron chi connectivity index (χ3n) is 25.2. The molecule has 18 N–H and O–H groups in total. The second-order valence-electron chi connectivity index (χ2n) is 42.2. The Morgan fingerprint density at radius 2 is 0.552 bits per heavy atom. The van der Waals surface area contributed by atoms with Gasteiger partial charge in [0.25, 0.3) is 33.4 Å². The first-order valence-corrected chi connectivity index (χ1v) is 67.1. The molecule has 42 nitrogen and oxygen atoms in total. The summed E-state index contributed by atoms with van der Waals surface area (Å²) in [6.07, 6.45) is 27.1. The van der Waals surface area contributed by atoms with E-state index < -0.39 is 256 Å². The molecule has 818 valence electrons. The average Bonchev–Trinajstić information content (AvgIpc) is 1.67. The zero-order valence-electron chi connectivity index (χ0n) is 86.5. The Morgan fingerprint density at radius 3 is 0.821 bits per heavy atom. The molecule has 0 saturated carbocycles. The monoisotopic (exact) mass is 2160 g/mol. The van der Waals surface area contributed by atoms with Crippen LogP contribution < -0.4 is 67.5 Å². The highest BCUT2D eigenvalue weighted by Gasteiger charge is 2.50. The van der Waals surface area contributed by atoms with Crippen LogP contribution in [0.4, 0.5) is 0 Å². The summed E-state index contributed by atoms with van der Waals surface area (Å²) < 4.78 is 41.9. The van der Waals surface area contributed by atoms with Crippen molar-refractivity contribution < 1.29 is 89.7 Å². The topological polar surface area (TPSA) is 627 Å². The van der Waals surface area contributed by atoms with Gasteiger partial charge in [-0.1, -0.05) is 52.7 Å². The van der Waals surface area contributed by atoms with Crippen LogP contribution in [0.25, 0.3) is 0 Å². The van der Waals surface area contributed by atoms with Crippen molar-refractivity contribution in [3.63, 3.8) is 0 Å². The van der Waals surface area contributed by atoms with E-state index in [0.29, 0.717) is 99.6 Å². The molecule has 12 heterocycles. The minimum Gasteiger partial charge on any atom is -0.388 e. The standard InChI is InChI=1S/C17H27N2O5P.C17H29N2O5P.2C16H27N2O5P.C16H25N2O5P.C15H25N2O5P/c1-5-6-8-19-10-11(16(22)18-17(19)23)15-14(21)13(20)12(24-15)7-9-25(2,3)4;1-5-6-7-11-10-19(17(23)18-15(11)22)16-14(21)13(20)12(24-16)8-9-25(2,3)4;1-5-7-18-9-10(15(21)17-16(18)22)14-13(20)12(19)11(23-14)6-8-24(2,3)4;2*1-5-6-10-9-18(16(22)17-14(10)21)15-13(20)12(19)11(23-15)7-8-24(2,3)4;1-5-9-8-17(15(21)16-13(9)20)14-12(19)11(18)10(22-14)6-7-23(2,3)4/h5,10,12-15,20-21H,1-2,6-9H2,3-4H3,(H,18,22,23);10,12-14,16,20-21H,2,5-9H2,1,3-4H3,(H,18,22,23);9,11-14,19-20H,2,5-8H2,1,3-4H3,(H,17,21,22);9,11-13,15,19-20H,2,5-8H2,1,3-4H3,(H,17,21,22);5,9,11-13,15,19-20H,1-2,6-8H2,3-4H3,(H,17,21,22);8,10-12,14,18-19H,2,5-7H2,1,3-4H3,(H,16,20,21)/t12-,13-,14-,15+;12-,13-,14-,16-;11-,12-,13-,14+;2*11-,12-,13-,15-;10-,11-,12-,14-/m111111/s1. The van der Waals surface area contributed by atoms with Gasteiger partial charge >= 0.3 is 34.1 Å². The lowest BCUT2D eigenvalue weighted by molar-refractivity contribution is -0.0404. The molecule has 0 unspecified atom stereocenters. The molecular formula is C97H160N12O30P6. The van der Waals surface area contributed by atoms with Crippen LogP contribution in [0.2, 0.25) is 0 Å². The third-order valence-corrected chi connectivity index (χ3v) is 34.1. The van der Waals surface area contributed by atoms with Gasteiger partial charge in [0.05, 0.1) is 47.8 Å². The first-order valence-electron chi connectivity index (χ1n) is 48.7. The molecule has 24 atom stereocenters. The van der Waals surface area contributed by atoms with Crippen LogP contribution in [0.1, 0.15) is 169 Å². The molecule has 0 spiro atoms. The molecule has 0 aliphatic carbocycles. The highest BCUT2D eigenvalue weighted by molar-refractivity contribution is 7.73. The van der Waals surface area contributed by atoms with E-state index in [1.807, 2.05) is 20.8 Å². The van der Waals surface area contributed by atoms with Crippen molar-refractivity contribution in [1.82, 2.24) is 57.3 Å². The van der Waals surface area contributed by atoms with Crippen LogP contribution in [0.3, 0.4) is 0 Å². The molecule has 48 heteroatoms. The molecule has 6 aromatic heterocycles. The average molecular weight is 2160 g/mol. The highest BCUT2D eigenvalue weighted by Crippen LogP contribution is 2.46. The fourth-order valence-corrected chi connectivity index (χ4v) is 22.5. The Hall–Kier alpha value is -7.36. The maximum absolute atomic E-state index is 12.2. The predicted molar refractivity (Wildman–Crippen MR) is 584 cm³/mol. The molecule has 0 radical (unpaired) electrons. The summed E-state index contributed by atoms with van der Waals surface area (Å²) in [6.45, 7) is 33.0. The van der Waals surface area contributed by atoms with Gasteiger partial charge in [0.1, 0.15) is 85.5 Å². The maximum atomic E-state index is 12.2. The Balaban J connectivity index is 0.000000236. The summed E-state index contributed by atoms with van der Waals surface area (Å²) in [4.78, 5) is 157. The maximum Gasteiger partial charge on any atom is 0.330 e. The van der Waals surface area contributed by atoms with Gasteiger partial charge in [0.2, 0.25) is 0 Å². The minimum atomic E-state index is -1.29. The number of unbranched alkanes of at least 4 members (excludes halogenated alkanes) is 1. The number of aliphatic hydroxyl groups excluding tert-OH is 12. The van der Waals surface area contributed by atoms with Crippen LogP contribution in [-0.4, -0.2) is 383 Å². The van der Waals surface area contributed by atoms with E-state index in [1.54, 1.807) is 19.1 Å². The van der Waals surface area contributed by atoms with Gasteiger partial charge in [-0.3, -0.25) is 81.5 Å². The van der Waals surface area contributed by atoms with E-state index in [4.69, 9.17) is 28.4 Å². The van der Waals surface area contributed by atoms with Gasteiger partial charge in [-0.05, 0) is 200 Å². The number of hydrogen-bond donors (Lipinski definition) is 18.